The molecule has 0 bridgehead atoms. The molecule has 0 aliphatic heterocycles. The van der Waals surface area contributed by atoms with E-state index in [1.807, 2.05) is 72.0 Å². The first-order valence-corrected chi connectivity index (χ1v) is 19.8. The Kier molecular flexibility index (Phi) is 6.80. The molecule has 0 fully saturated rings. The third-order valence-electron chi connectivity index (χ3n) is 11.3. The van der Waals surface area contributed by atoms with Crippen LogP contribution < -0.4 is 0 Å². The molecule has 0 amide bonds. The van der Waals surface area contributed by atoms with Crippen LogP contribution in [0, 0.1) is 11.3 Å². The van der Waals surface area contributed by atoms with Crippen molar-refractivity contribution >= 4 is 86.2 Å². The maximum absolute atomic E-state index is 11.0. The SMILES string of the molecule is N#Cc1cc(-n2c3ccccc3c3c4sc5ccccc5c4c4c5ccccc5n(-c5ccccc5)c4c32)ccc1-c1nc2ccccc2nc1-c1ccccc1. The molecule has 5 nitrogen and oxygen atoms in total. The highest BCUT2D eigenvalue weighted by molar-refractivity contribution is 7.27. The first kappa shape index (κ1) is 31.7. The minimum Gasteiger partial charge on any atom is -0.307 e. The third kappa shape index (κ3) is 4.55. The zero-order valence-electron chi connectivity index (χ0n) is 30.4. The molecule has 4 heterocycles. The number of benzene rings is 8. The number of aromatic nitrogens is 4. The van der Waals surface area contributed by atoms with E-state index in [4.69, 9.17) is 9.97 Å². The largest absolute Gasteiger partial charge is 0.307 e. The fourth-order valence-corrected chi connectivity index (χ4v) is 10.2. The van der Waals surface area contributed by atoms with Crippen LogP contribution in [0.5, 0.6) is 0 Å². The van der Waals surface area contributed by atoms with Crippen LogP contribution in [0.4, 0.5) is 0 Å². The van der Waals surface area contributed by atoms with Gasteiger partial charge < -0.3 is 9.13 Å². The second kappa shape index (κ2) is 12.2. The highest BCUT2D eigenvalue weighted by Gasteiger charge is 2.27. The number of nitriles is 1. The number of hydrogen-bond donors (Lipinski definition) is 0. The Balaban J connectivity index is 1.24. The second-order valence-electron chi connectivity index (χ2n) is 14.4. The maximum atomic E-state index is 11.0. The standard InChI is InChI=1S/C51H29N5S/c52-30-32-29-34(27-28-35(32)48-47(31-15-3-1-4-16-31)53-39-22-10-11-23-40(39)54-48)56-42-25-13-8-20-37(42)46-50(56)49-44(45-38-21-9-14-26-43(38)57-51(45)46)36-19-7-12-24-41(36)55(49)33-17-5-2-6-18-33/h1-29H. The van der Waals surface area contributed by atoms with Gasteiger partial charge >= 0.3 is 0 Å². The van der Waals surface area contributed by atoms with Crippen molar-refractivity contribution < 1.29 is 0 Å². The highest BCUT2D eigenvalue weighted by atomic mass is 32.1. The predicted molar refractivity (Wildman–Crippen MR) is 237 cm³/mol. The molecule has 0 saturated carbocycles. The van der Waals surface area contributed by atoms with E-state index < -0.39 is 0 Å². The second-order valence-corrected chi connectivity index (χ2v) is 15.5. The van der Waals surface area contributed by atoms with Crippen molar-refractivity contribution in [3.8, 4) is 40.0 Å². The van der Waals surface area contributed by atoms with Gasteiger partial charge in [0.05, 0.1) is 56.1 Å². The van der Waals surface area contributed by atoms with Gasteiger partial charge in [0.1, 0.15) is 0 Å². The van der Waals surface area contributed by atoms with Crippen LogP contribution in [-0.2, 0) is 0 Å². The van der Waals surface area contributed by atoms with Gasteiger partial charge in [0.25, 0.3) is 0 Å². The van der Waals surface area contributed by atoms with Gasteiger partial charge in [-0.2, -0.15) is 5.26 Å². The number of para-hydroxylation sites is 5. The van der Waals surface area contributed by atoms with E-state index in [9.17, 15) is 5.26 Å². The lowest BCUT2D eigenvalue weighted by Gasteiger charge is -2.15. The lowest BCUT2D eigenvalue weighted by atomic mass is 9.99. The van der Waals surface area contributed by atoms with Crippen LogP contribution in [-0.4, -0.2) is 19.1 Å². The highest BCUT2D eigenvalue weighted by Crippen LogP contribution is 2.51. The molecular formula is C51H29N5S. The third-order valence-corrected chi connectivity index (χ3v) is 12.5. The van der Waals surface area contributed by atoms with Crippen molar-refractivity contribution in [1.29, 1.82) is 5.26 Å². The summed E-state index contributed by atoms with van der Waals surface area (Å²) in [5.41, 5.74) is 11.7. The van der Waals surface area contributed by atoms with E-state index in [1.165, 1.54) is 41.7 Å². The Hall–Kier alpha value is -7.59. The molecule has 0 aliphatic rings. The van der Waals surface area contributed by atoms with Crippen LogP contribution in [0.1, 0.15) is 5.56 Å². The molecule has 12 aromatic rings. The van der Waals surface area contributed by atoms with Gasteiger partial charge in [-0.1, -0.05) is 115 Å². The van der Waals surface area contributed by atoms with Gasteiger partial charge in [-0.05, 0) is 60.7 Å². The monoisotopic (exact) mass is 743 g/mol. The summed E-state index contributed by atoms with van der Waals surface area (Å²) in [6.07, 6.45) is 0. The molecule has 12 rings (SSSR count). The van der Waals surface area contributed by atoms with E-state index in [-0.39, 0.29) is 0 Å². The van der Waals surface area contributed by atoms with E-state index >= 15 is 0 Å². The van der Waals surface area contributed by atoms with Gasteiger partial charge in [-0.25, -0.2) is 9.97 Å². The summed E-state index contributed by atoms with van der Waals surface area (Å²) in [6.45, 7) is 0. The molecule has 0 radical (unpaired) electrons. The van der Waals surface area contributed by atoms with E-state index in [1.54, 1.807) is 0 Å². The quantitative estimate of drug-likeness (QED) is 0.180. The summed E-state index contributed by atoms with van der Waals surface area (Å²) in [7, 11) is 0. The molecule has 0 atom stereocenters. The summed E-state index contributed by atoms with van der Waals surface area (Å²) in [5, 5.41) is 18.3. The fraction of sp³-hybridized carbons (Fsp3) is 0. The first-order chi connectivity index (χ1) is 28.3. The van der Waals surface area contributed by atoms with Gasteiger partial charge in [0.2, 0.25) is 0 Å². The number of thiophene rings is 1. The summed E-state index contributed by atoms with van der Waals surface area (Å²) < 4.78 is 7.34. The van der Waals surface area contributed by atoms with Crippen molar-refractivity contribution in [2.24, 2.45) is 0 Å². The summed E-state index contributed by atoms with van der Waals surface area (Å²) >= 11 is 1.86. The zero-order valence-corrected chi connectivity index (χ0v) is 31.2. The smallest absolute Gasteiger partial charge is 0.0999 e. The molecule has 4 aromatic heterocycles. The van der Waals surface area contributed by atoms with Crippen molar-refractivity contribution in [3.63, 3.8) is 0 Å². The average Bonchev–Trinajstić information content (AvgIpc) is 3.94. The Morgan fingerprint density at radius 2 is 1.04 bits per heavy atom. The molecule has 0 N–H and O–H groups in total. The number of rotatable bonds is 4. The minimum atomic E-state index is 0.531. The molecule has 57 heavy (non-hydrogen) atoms. The van der Waals surface area contributed by atoms with Crippen molar-refractivity contribution in [2.75, 3.05) is 0 Å². The average molecular weight is 744 g/mol. The van der Waals surface area contributed by atoms with Gasteiger partial charge in [-0.3, -0.25) is 0 Å². The maximum Gasteiger partial charge on any atom is 0.0999 e. The predicted octanol–water partition coefficient (Wildman–Crippen LogP) is 13.4. The number of nitrogens with zero attached hydrogens (tertiary/aromatic N) is 5. The van der Waals surface area contributed by atoms with E-state index in [2.05, 4.69) is 130 Å². The topological polar surface area (TPSA) is 59.4 Å². The molecule has 0 saturated heterocycles. The Morgan fingerprint density at radius 1 is 0.474 bits per heavy atom. The number of fused-ring (bicyclic) bond motifs is 13. The normalized spacial score (nSPS) is 11.8. The Bertz CT molecular complexity index is 3640. The number of hydrogen-bond acceptors (Lipinski definition) is 4. The van der Waals surface area contributed by atoms with E-state index in [0.717, 1.165) is 61.3 Å². The van der Waals surface area contributed by atoms with Crippen molar-refractivity contribution in [3.05, 3.63) is 181 Å². The summed E-state index contributed by atoms with van der Waals surface area (Å²) in [6, 6.07) is 63.8. The van der Waals surface area contributed by atoms with Crippen LogP contribution in [0.3, 0.4) is 0 Å². The van der Waals surface area contributed by atoms with Crippen molar-refractivity contribution in [1.82, 2.24) is 19.1 Å². The molecule has 0 unspecified atom stereocenters. The molecule has 0 spiro atoms. The Labute approximate surface area is 330 Å². The first-order valence-electron chi connectivity index (χ1n) is 19.0. The van der Waals surface area contributed by atoms with Crippen molar-refractivity contribution in [2.45, 2.75) is 0 Å². The molecular weight excluding hydrogens is 715 g/mol. The van der Waals surface area contributed by atoms with Crippen LogP contribution >= 0.6 is 11.3 Å². The minimum absolute atomic E-state index is 0.531. The van der Waals surface area contributed by atoms with Crippen LogP contribution in [0.2, 0.25) is 0 Å². The Morgan fingerprint density at radius 3 is 1.75 bits per heavy atom. The lowest BCUT2D eigenvalue weighted by Crippen LogP contribution is -2.01. The molecule has 6 heteroatoms. The lowest BCUT2D eigenvalue weighted by molar-refractivity contribution is 1.15. The van der Waals surface area contributed by atoms with E-state index in [0.29, 0.717) is 11.3 Å². The van der Waals surface area contributed by atoms with Gasteiger partial charge in [-0.15, -0.1) is 11.3 Å². The zero-order chi connectivity index (χ0) is 37.6. The molecule has 8 aromatic carbocycles. The fourth-order valence-electron chi connectivity index (χ4n) is 8.95. The summed E-state index contributed by atoms with van der Waals surface area (Å²) in [4.78, 5) is 10.3. The summed E-state index contributed by atoms with van der Waals surface area (Å²) in [5.74, 6) is 0. The van der Waals surface area contributed by atoms with Gasteiger partial charge in [0, 0.05) is 64.2 Å². The molecule has 0 aliphatic carbocycles. The molecule has 264 valence electrons. The van der Waals surface area contributed by atoms with Gasteiger partial charge in [0.15, 0.2) is 0 Å². The van der Waals surface area contributed by atoms with Crippen LogP contribution in [0.15, 0.2) is 176 Å². The van der Waals surface area contributed by atoms with Crippen LogP contribution in [0.25, 0.3) is 109 Å².